The van der Waals surface area contributed by atoms with Gasteiger partial charge in [-0.1, -0.05) is 16.6 Å². The lowest BCUT2D eigenvalue weighted by Gasteiger charge is -2.02. The minimum Gasteiger partial charge on any atom is -0.297 e. The van der Waals surface area contributed by atoms with Crippen molar-refractivity contribution < 1.29 is 4.79 Å². The molecule has 1 aromatic carbocycles. The lowest BCUT2D eigenvalue weighted by molar-refractivity contribution is 0.112. The number of hydrogen-bond acceptors (Lipinski definition) is 4. The first-order valence-electron chi connectivity index (χ1n) is 4.57. The average Bonchev–Trinajstić information content (AvgIpc) is 2.70. The summed E-state index contributed by atoms with van der Waals surface area (Å²) in [5.41, 5.74) is 4.05. The summed E-state index contributed by atoms with van der Waals surface area (Å²) in [6.45, 7) is 4.10. The Balaban J connectivity index is 2.54. The van der Waals surface area contributed by atoms with Crippen molar-refractivity contribution in [1.29, 1.82) is 0 Å². The standard InChI is InChI=1S/C11H10N2OS/c1-7-3-4-9(5-8(7)2)11-10(6-14)15-13-12-11/h3-6H,1-2H3. The number of nitrogens with zero attached hydrogens (tertiary/aromatic N) is 2. The highest BCUT2D eigenvalue weighted by molar-refractivity contribution is 7.07. The lowest BCUT2D eigenvalue weighted by atomic mass is 10.0. The van der Waals surface area contributed by atoms with Crippen molar-refractivity contribution in [3.63, 3.8) is 0 Å². The molecule has 2 rings (SSSR count). The fourth-order valence-corrected chi connectivity index (χ4v) is 1.86. The topological polar surface area (TPSA) is 42.9 Å². The highest BCUT2D eigenvalue weighted by atomic mass is 32.1. The molecule has 0 unspecified atom stereocenters. The molecule has 76 valence electrons. The molecule has 2 aromatic rings. The van der Waals surface area contributed by atoms with E-state index in [2.05, 4.69) is 16.5 Å². The first-order valence-corrected chi connectivity index (χ1v) is 5.35. The number of carbonyl (C=O) groups is 1. The van der Waals surface area contributed by atoms with Gasteiger partial charge >= 0.3 is 0 Å². The van der Waals surface area contributed by atoms with Crippen LogP contribution in [-0.2, 0) is 0 Å². The number of aromatic nitrogens is 2. The zero-order valence-corrected chi connectivity index (χ0v) is 9.34. The number of rotatable bonds is 2. The van der Waals surface area contributed by atoms with E-state index in [0.717, 1.165) is 23.4 Å². The van der Waals surface area contributed by atoms with Crippen LogP contribution in [0.5, 0.6) is 0 Å². The Morgan fingerprint density at radius 1 is 1.27 bits per heavy atom. The number of benzene rings is 1. The van der Waals surface area contributed by atoms with Gasteiger partial charge in [0.1, 0.15) is 10.6 Å². The Hall–Kier alpha value is -1.55. The van der Waals surface area contributed by atoms with Gasteiger partial charge in [0.05, 0.1) is 0 Å². The molecule has 4 heteroatoms. The molecular formula is C11H10N2OS. The first kappa shape index (κ1) is 9.98. The van der Waals surface area contributed by atoms with E-state index in [1.807, 2.05) is 25.1 Å². The van der Waals surface area contributed by atoms with Crippen LogP contribution in [0.2, 0.25) is 0 Å². The Morgan fingerprint density at radius 2 is 2.07 bits per heavy atom. The Labute approximate surface area is 91.9 Å². The summed E-state index contributed by atoms with van der Waals surface area (Å²) in [5.74, 6) is 0. The number of hydrogen-bond donors (Lipinski definition) is 0. The van der Waals surface area contributed by atoms with Gasteiger partial charge in [0.25, 0.3) is 0 Å². The molecule has 0 fully saturated rings. The molecule has 0 atom stereocenters. The van der Waals surface area contributed by atoms with E-state index in [4.69, 9.17) is 0 Å². The summed E-state index contributed by atoms with van der Waals surface area (Å²) in [6.07, 6.45) is 0.801. The Kier molecular flexibility index (Phi) is 2.60. The maximum atomic E-state index is 10.7. The van der Waals surface area contributed by atoms with Crippen molar-refractivity contribution in [1.82, 2.24) is 9.59 Å². The van der Waals surface area contributed by atoms with E-state index in [0.29, 0.717) is 10.6 Å². The lowest BCUT2D eigenvalue weighted by Crippen LogP contribution is -1.86. The van der Waals surface area contributed by atoms with E-state index in [9.17, 15) is 4.79 Å². The molecular weight excluding hydrogens is 208 g/mol. The van der Waals surface area contributed by atoms with Gasteiger partial charge in [0.15, 0.2) is 6.29 Å². The van der Waals surface area contributed by atoms with Gasteiger partial charge in [0.2, 0.25) is 0 Å². The van der Waals surface area contributed by atoms with Crippen molar-refractivity contribution in [3.05, 3.63) is 34.2 Å². The van der Waals surface area contributed by atoms with Gasteiger partial charge in [-0.15, -0.1) is 5.10 Å². The highest BCUT2D eigenvalue weighted by Gasteiger charge is 2.09. The fourth-order valence-electron chi connectivity index (χ4n) is 1.36. The van der Waals surface area contributed by atoms with Crippen molar-refractivity contribution >= 4 is 17.8 Å². The quantitative estimate of drug-likeness (QED) is 0.728. The van der Waals surface area contributed by atoms with Gasteiger partial charge in [-0.3, -0.25) is 4.79 Å². The highest BCUT2D eigenvalue weighted by Crippen LogP contribution is 2.24. The monoisotopic (exact) mass is 218 g/mol. The molecule has 0 saturated heterocycles. The third-order valence-corrected chi connectivity index (χ3v) is 3.05. The van der Waals surface area contributed by atoms with Crippen LogP contribution in [0, 0.1) is 13.8 Å². The van der Waals surface area contributed by atoms with Crippen LogP contribution >= 0.6 is 11.5 Å². The Morgan fingerprint density at radius 3 is 2.73 bits per heavy atom. The largest absolute Gasteiger partial charge is 0.297 e. The van der Waals surface area contributed by atoms with E-state index < -0.39 is 0 Å². The van der Waals surface area contributed by atoms with Gasteiger partial charge in [-0.25, -0.2) is 0 Å². The maximum Gasteiger partial charge on any atom is 0.163 e. The molecule has 3 nitrogen and oxygen atoms in total. The summed E-state index contributed by atoms with van der Waals surface area (Å²) in [5, 5.41) is 3.97. The molecule has 0 amide bonds. The van der Waals surface area contributed by atoms with E-state index in [1.54, 1.807) is 0 Å². The van der Waals surface area contributed by atoms with Crippen molar-refractivity contribution in [2.45, 2.75) is 13.8 Å². The van der Waals surface area contributed by atoms with Gasteiger partial charge in [-0.05, 0) is 42.6 Å². The molecule has 0 saturated carbocycles. The minimum absolute atomic E-state index is 0.582. The molecule has 15 heavy (non-hydrogen) atoms. The minimum atomic E-state index is 0.582. The molecule has 0 spiro atoms. The predicted octanol–water partition coefficient (Wildman–Crippen LogP) is 2.63. The summed E-state index contributed by atoms with van der Waals surface area (Å²) in [6, 6.07) is 6.02. The number of aryl methyl sites for hydroxylation is 2. The molecule has 1 aromatic heterocycles. The van der Waals surface area contributed by atoms with Crippen LogP contribution < -0.4 is 0 Å². The zero-order chi connectivity index (χ0) is 10.8. The first-order chi connectivity index (χ1) is 7.22. The molecule has 0 aliphatic heterocycles. The average molecular weight is 218 g/mol. The smallest absolute Gasteiger partial charge is 0.163 e. The number of carbonyl (C=O) groups excluding carboxylic acids is 1. The number of aldehydes is 1. The normalized spacial score (nSPS) is 10.3. The van der Waals surface area contributed by atoms with Crippen LogP contribution in [0.1, 0.15) is 20.8 Å². The second-order valence-corrected chi connectivity index (χ2v) is 4.19. The SMILES string of the molecule is Cc1ccc(-c2nnsc2C=O)cc1C. The predicted molar refractivity (Wildman–Crippen MR) is 60.2 cm³/mol. The van der Waals surface area contributed by atoms with Crippen LogP contribution in [0.15, 0.2) is 18.2 Å². The summed E-state index contributed by atoms with van der Waals surface area (Å²) < 4.78 is 3.78. The van der Waals surface area contributed by atoms with Crippen LogP contribution in [0.3, 0.4) is 0 Å². The third-order valence-electron chi connectivity index (χ3n) is 2.40. The van der Waals surface area contributed by atoms with Crippen molar-refractivity contribution in [2.75, 3.05) is 0 Å². The fraction of sp³-hybridized carbons (Fsp3) is 0.182. The Bertz CT molecular complexity index is 505. The van der Waals surface area contributed by atoms with Crippen molar-refractivity contribution in [3.8, 4) is 11.3 Å². The van der Waals surface area contributed by atoms with Crippen LogP contribution in [0.25, 0.3) is 11.3 Å². The van der Waals surface area contributed by atoms with E-state index in [1.165, 1.54) is 11.1 Å². The van der Waals surface area contributed by atoms with E-state index >= 15 is 0 Å². The summed E-state index contributed by atoms with van der Waals surface area (Å²) in [7, 11) is 0. The maximum absolute atomic E-state index is 10.7. The van der Waals surface area contributed by atoms with Gasteiger partial charge in [0, 0.05) is 5.56 Å². The molecule has 0 bridgehead atoms. The summed E-state index contributed by atoms with van der Waals surface area (Å²) >= 11 is 1.13. The van der Waals surface area contributed by atoms with Gasteiger partial charge < -0.3 is 0 Å². The molecule has 1 heterocycles. The van der Waals surface area contributed by atoms with Crippen LogP contribution in [0.4, 0.5) is 0 Å². The molecule has 0 aliphatic carbocycles. The second kappa shape index (κ2) is 3.90. The molecule has 0 radical (unpaired) electrons. The zero-order valence-electron chi connectivity index (χ0n) is 8.52. The molecule has 0 aliphatic rings. The third kappa shape index (κ3) is 1.80. The molecule has 0 N–H and O–H groups in total. The van der Waals surface area contributed by atoms with Gasteiger partial charge in [-0.2, -0.15) is 0 Å². The van der Waals surface area contributed by atoms with Crippen molar-refractivity contribution in [2.24, 2.45) is 0 Å². The van der Waals surface area contributed by atoms with E-state index in [-0.39, 0.29) is 0 Å². The summed E-state index contributed by atoms with van der Waals surface area (Å²) in [4.78, 5) is 11.3. The van der Waals surface area contributed by atoms with Crippen LogP contribution in [-0.4, -0.2) is 15.9 Å². The second-order valence-electron chi connectivity index (χ2n) is 3.40.